The standard InChI is InChI=1S/C23H23NO6/c1-28-21(25)18-14-24(13-17-10-6-3-7-11-17)22(26)23(18,27)19-15-29-20(30-19)12-16-8-4-2-5-9-16/h2-11,15,18,20,27H,12-14H2,1H3. The number of aliphatic hydroxyl groups is 1. The zero-order valence-corrected chi connectivity index (χ0v) is 16.6. The molecule has 0 aliphatic carbocycles. The van der Waals surface area contributed by atoms with E-state index in [1.807, 2.05) is 60.7 Å². The Morgan fingerprint density at radius 2 is 1.77 bits per heavy atom. The topological polar surface area (TPSA) is 85.3 Å². The van der Waals surface area contributed by atoms with Gasteiger partial charge in [-0.1, -0.05) is 60.7 Å². The lowest BCUT2D eigenvalue weighted by atomic mass is 9.88. The molecule has 2 heterocycles. The van der Waals surface area contributed by atoms with Crippen molar-refractivity contribution >= 4 is 11.9 Å². The summed E-state index contributed by atoms with van der Waals surface area (Å²) in [6, 6.07) is 18.9. The van der Waals surface area contributed by atoms with E-state index in [0.29, 0.717) is 6.42 Å². The molecule has 2 aromatic carbocycles. The first kappa shape index (κ1) is 20.0. The molecule has 2 aliphatic heterocycles. The van der Waals surface area contributed by atoms with Gasteiger partial charge in [-0.2, -0.15) is 0 Å². The number of methoxy groups -OCH3 is 1. The first-order valence-electron chi connectivity index (χ1n) is 9.72. The molecule has 0 saturated carbocycles. The Labute approximate surface area is 174 Å². The highest BCUT2D eigenvalue weighted by atomic mass is 16.7. The van der Waals surface area contributed by atoms with E-state index in [1.54, 1.807) is 0 Å². The molecular formula is C23H23NO6. The summed E-state index contributed by atoms with van der Waals surface area (Å²) in [5.41, 5.74) is -0.303. The van der Waals surface area contributed by atoms with Crippen LogP contribution in [0.4, 0.5) is 0 Å². The zero-order chi connectivity index (χ0) is 21.1. The van der Waals surface area contributed by atoms with Gasteiger partial charge in [0.2, 0.25) is 11.9 Å². The van der Waals surface area contributed by atoms with Crippen molar-refractivity contribution in [1.29, 1.82) is 0 Å². The summed E-state index contributed by atoms with van der Waals surface area (Å²) in [6.07, 6.45) is 0.968. The van der Waals surface area contributed by atoms with Gasteiger partial charge in [-0.3, -0.25) is 9.59 Å². The largest absolute Gasteiger partial charge is 0.469 e. The average Bonchev–Trinajstić information content (AvgIpc) is 3.34. The fourth-order valence-electron chi connectivity index (χ4n) is 3.84. The van der Waals surface area contributed by atoms with Crippen molar-refractivity contribution in [2.45, 2.75) is 24.9 Å². The molecule has 156 valence electrons. The Kier molecular flexibility index (Phi) is 5.46. The molecule has 4 rings (SSSR count). The number of hydrogen-bond donors (Lipinski definition) is 1. The third-order valence-corrected chi connectivity index (χ3v) is 5.43. The van der Waals surface area contributed by atoms with Crippen molar-refractivity contribution in [2.75, 3.05) is 13.7 Å². The minimum absolute atomic E-state index is 0.0148. The second kappa shape index (κ2) is 8.20. The second-order valence-electron chi connectivity index (χ2n) is 7.37. The molecule has 1 N–H and O–H groups in total. The number of ether oxygens (including phenoxy) is 3. The number of carbonyl (C=O) groups excluding carboxylic acids is 2. The van der Waals surface area contributed by atoms with Gasteiger partial charge < -0.3 is 24.2 Å². The first-order valence-corrected chi connectivity index (χ1v) is 9.72. The predicted octanol–water partition coefficient (Wildman–Crippen LogP) is 2.01. The number of hydrogen-bond acceptors (Lipinski definition) is 6. The number of esters is 1. The average molecular weight is 409 g/mol. The van der Waals surface area contributed by atoms with Crippen LogP contribution in [0.3, 0.4) is 0 Å². The van der Waals surface area contributed by atoms with Crippen molar-refractivity contribution in [3.63, 3.8) is 0 Å². The third kappa shape index (κ3) is 3.64. The molecule has 3 atom stereocenters. The van der Waals surface area contributed by atoms with Crippen LogP contribution in [0, 0.1) is 5.92 Å². The van der Waals surface area contributed by atoms with Crippen molar-refractivity contribution in [3.8, 4) is 0 Å². The molecule has 0 aromatic heterocycles. The number of nitrogens with zero attached hydrogens (tertiary/aromatic N) is 1. The van der Waals surface area contributed by atoms with Crippen LogP contribution in [-0.4, -0.2) is 47.4 Å². The van der Waals surface area contributed by atoms with Gasteiger partial charge in [0, 0.05) is 19.5 Å². The van der Waals surface area contributed by atoms with Crippen molar-refractivity contribution < 1.29 is 28.9 Å². The quantitative estimate of drug-likeness (QED) is 0.735. The lowest BCUT2D eigenvalue weighted by Gasteiger charge is -2.26. The zero-order valence-electron chi connectivity index (χ0n) is 16.6. The van der Waals surface area contributed by atoms with Crippen molar-refractivity contribution in [1.82, 2.24) is 4.90 Å². The van der Waals surface area contributed by atoms with Crippen LogP contribution in [-0.2, 0) is 36.8 Å². The molecule has 3 unspecified atom stereocenters. The number of benzene rings is 2. The van der Waals surface area contributed by atoms with E-state index in [2.05, 4.69) is 0 Å². The SMILES string of the molecule is COC(=O)C1CN(Cc2ccccc2)C(=O)C1(O)C1=COC(Cc2ccccc2)O1. The van der Waals surface area contributed by atoms with Gasteiger partial charge in [0.1, 0.15) is 12.2 Å². The van der Waals surface area contributed by atoms with E-state index >= 15 is 0 Å². The minimum atomic E-state index is -2.17. The Morgan fingerprint density at radius 3 is 2.40 bits per heavy atom. The molecule has 1 saturated heterocycles. The molecule has 0 spiro atoms. The summed E-state index contributed by atoms with van der Waals surface area (Å²) in [6.45, 7) is 0.276. The van der Waals surface area contributed by atoms with Gasteiger partial charge in [-0.15, -0.1) is 0 Å². The van der Waals surface area contributed by atoms with E-state index in [-0.39, 0.29) is 18.8 Å². The van der Waals surface area contributed by atoms with Gasteiger partial charge in [0.05, 0.1) is 7.11 Å². The molecule has 7 heteroatoms. The molecular weight excluding hydrogens is 386 g/mol. The number of amides is 1. The monoisotopic (exact) mass is 409 g/mol. The number of carbonyl (C=O) groups is 2. The van der Waals surface area contributed by atoms with Gasteiger partial charge >= 0.3 is 5.97 Å². The Morgan fingerprint density at radius 1 is 1.13 bits per heavy atom. The van der Waals surface area contributed by atoms with Gasteiger partial charge in [-0.25, -0.2) is 0 Å². The smallest absolute Gasteiger partial charge is 0.314 e. The highest BCUT2D eigenvalue weighted by molar-refractivity contribution is 5.97. The van der Waals surface area contributed by atoms with E-state index in [1.165, 1.54) is 18.3 Å². The van der Waals surface area contributed by atoms with E-state index in [0.717, 1.165) is 11.1 Å². The van der Waals surface area contributed by atoms with E-state index in [9.17, 15) is 14.7 Å². The lowest BCUT2D eigenvalue weighted by molar-refractivity contribution is -0.160. The predicted molar refractivity (Wildman–Crippen MR) is 107 cm³/mol. The number of rotatable bonds is 6. The Balaban J connectivity index is 1.54. The van der Waals surface area contributed by atoms with Crippen molar-refractivity contribution in [3.05, 3.63) is 83.8 Å². The number of likely N-dealkylation sites (tertiary alicyclic amines) is 1. The second-order valence-corrected chi connectivity index (χ2v) is 7.37. The molecule has 0 radical (unpaired) electrons. The summed E-state index contributed by atoms with van der Waals surface area (Å²) in [5.74, 6) is -2.49. The van der Waals surface area contributed by atoms with Crippen LogP contribution >= 0.6 is 0 Å². The van der Waals surface area contributed by atoms with E-state index in [4.69, 9.17) is 14.2 Å². The maximum absolute atomic E-state index is 13.2. The summed E-state index contributed by atoms with van der Waals surface area (Å²) >= 11 is 0. The summed E-state index contributed by atoms with van der Waals surface area (Å²) in [4.78, 5) is 27.1. The highest BCUT2D eigenvalue weighted by Crippen LogP contribution is 2.40. The maximum atomic E-state index is 13.2. The fourth-order valence-corrected chi connectivity index (χ4v) is 3.84. The van der Waals surface area contributed by atoms with Crippen LogP contribution in [0.25, 0.3) is 0 Å². The third-order valence-electron chi connectivity index (χ3n) is 5.43. The molecule has 30 heavy (non-hydrogen) atoms. The fraction of sp³-hybridized carbons (Fsp3) is 0.304. The lowest BCUT2D eigenvalue weighted by Crippen LogP contribution is -2.48. The summed E-state index contributed by atoms with van der Waals surface area (Å²) in [5, 5.41) is 11.4. The summed E-state index contributed by atoms with van der Waals surface area (Å²) < 4.78 is 16.2. The normalized spacial score (nSPS) is 25.5. The van der Waals surface area contributed by atoms with Gasteiger partial charge in [0.25, 0.3) is 5.91 Å². The Bertz CT molecular complexity index is 945. The summed E-state index contributed by atoms with van der Waals surface area (Å²) in [7, 11) is 1.23. The maximum Gasteiger partial charge on any atom is 0.314 e. The van der Waals surface area contributed by atoms with Crippen LogP contribution in [0.2, 0.25) is 0 Å². The van der Waals surface area contributed by atoms with E-state index < -0.39 is 29.7 Å². The molecule has 1 fully saturated rings. The van der Waals surface area contributed by atoms with Gasteiger partial charge in [0.15, 0.2) is 5.76 Å². The Hall–Kier alpha value is -3.32. The minimum Gasteiger partial charge on any atom is -0.469 e. The van der Waals surface area contributed by atoms with Crippen LogP contribution in [0.1, 0.15) is 11.1 Å². The first-order chi connectivity index (χ1) is 14.5. The van der Waals surface area contributed by atoms with Crippen molar-refractivity contribution in [2.24, 2.45) is 5.92 Å². The molecule has 2 aromatic rings. The van der Waals surface area contributed by atoms with Gasteiger partial charge in [-0.05, 0) is 11.1 Å². The molecule has 1 amide bonds. The molecule has 0 bridgehead atoms. The molecule has 7 nitrogen and oxygen atoms in total. The van der Waals surface area contributed by atoms with Crippen LogP contribution < -0.4 is 0 Å². The van der Waals surface area contributed by atoms with Crippen LogP contribution in [0.15, 0.2) is 72.7 Å². The van der Waals surface area contributed by atoms with Crippen LogP contribution in [0.5, 0.6) is 0 Å². The highest BCUT2D eigenvalue weighted by Gasteiger charge is 2.61. The molecule has 2 aliphatic rings.